The maximum atomic E-state index is 14.8. The standard InChI is InChI=1S/C29H34F2N10O4/c1-3-15-10-16(4-5-18(15)27(43)37-11-17(42)12-38-28(44)20(32)13-39-29(33)34)40-25-26-36-14-21(41(26)9-8-35-25)19-6-7-22(45-2)24(31)23(19)30/h4-10,14,17,20,42H,3,11-13,32H2,1-2H3,(H,35,40)(H,37,43)(H,38,44)(H4,33,34,39). The van der Waals surface area contributed by atoms with Crippen LogP contribution in [-0.2, 0) is 11.2 Å². The van der Waals surface area contributed by atoms with Crippen LogP contribution in [0.1, 0.15) is 22.8 Å². The van der Waals surface area contributed by atoms with Gasteiger partial charge in [-0.05, 0) is 42.3 Å². The number of halogens is 2. The highest BCUT2D eigenvalue weighted by Crippen LogP contribution is 2.31. The molecule has 10 N–H and O–H groups in total. The van der Waals surface area contributed by atoms with Crippen LogP contribution in [0.2, 0.25) is 0 Å². The zero-order chi connectivity index (χ0) is 32.7. The molecule has 14 nitrogen and oxygen atoms in total. The smallest absolute Gasteiger partial charge is 0.251 e. The van der Waals surface area contributed by atoms with Crippen molar-refractivity contribution >= 4 is 34.9 Å². The summed E-state index contributed by atoms with van der Waals surface area (Å²) in [6, 6.07) is 6.84. The Hall–Kier alpha value is -5.35. The summed E-state index contributed by atoms with van der Waals surface area (Å²) in [5.74, 6) is -3.32. The minimum atomic E-state index is -1.10. The molecular formula is C29H34F2N10O4. The average molecular weight is 625 g/mol. The van der Waals surface area contributed by atoms with Crippen LogP contribution >= 0.6 is 0 Å². The number of aliphatic hydroxyl groups is 1. The van der Waals surface area contributed by atoms with Gasteiger partial charge in [0.2, 0.25) is 11.7 Å². The Bertz CT molecular complexity index is 1710. The molecule has 0 saturated heterocycles. The van der Waals surface area contributed by atoms with E-state index in [0.717, 1.165) is 0 Å². The summed E-state index contributed by atoms with van der Waals surface area (Å²) >= 11 is 0. The zero-order valence-electron chi connectivity index (χ0n) is 24.5. The number of nitrogens with zero attached hydrogens (tertiary/aromatic N) is 3. The van der Waals surface area contributed by atoms with Gasteiger partial charge in [-0.1, -0.05) is 6.92 Å². The minimum Gasteiger partial charge on any atom is -0.494 e. The topological polar surface area (TPSA) is 218 Å². The highest BCUT2D eigenvalue weighted by Gasteiger charge is 2.20. The van der Waals surface area contributed by atoms with E-state index in [1.807, 2.05) is 6.92 Å². The Morgan fingerprint density at radius 1 is 1.09 bits per heavy atom. The first-order chi connectivity index (χ1) is 21.5. The van der Waals surface area contributed by atoms with Gasteiger partial charge >= 0.3 is 0 Å². The van der Waals surface area contributed by atoms with Crippen molar-refractivity contribution in [3.8, 4) is 17.0 Å². The molecule has 0 aliphatic rings. The molecule has 4 rings (SSSR count). The number of carbonyl (C=O) groups is 2. The van der Waals surface area contributed by atoms with Crippen LogP contribution in [0.15, 0.2) is 48.9 Å². The van der Waals surface area contributed by atoms with E-state index >= 15 is 0 Å². The second-order valence-corrected chi connectivity index (χ2v) is 9.92. The van der Waals surface area contributed by atoms with Crippen LogP contribution in [0.25, 0.3) is 16.9 Å². The summed E-state index contributed by atoms with van der Waals surface area (Å²) in [6.45, 7) is 1.56. The lowest BCUT2D eigenvalue weighted by Gasteiger charge is -2.17. The normalized spacial score (nSPS) is 12.3. The average Bonchev–Trinajstić information content (AvgIpc) is 3.47. The van der Waals surface area contributed by atoms with Gasteiger partial charge in [0, 0.05) is 48.8 Å². The van der Waals surface area contributed by atoms with Gasteiger partial charge in [-0.2, -0.15) is 4.39 Å². The maximum absolute atomic E-state index is 14.8. The molecule has 2 aromatic carbocycles. The van der Waals surface area contributed by atoms with E-state index in [1.165, 1.54) is 31.6 Å². The second kappa shape index (κ2) is 14.4. The number of hydrogen-bond acceptors (Lipinski definition) is 9. The number of hydrogen-bond donors (Lipinski definition) is 8. The van der Waals surface area contributed by atoms with Gasteiger partial charge in [-0.25, -0.2) is 14.4 Å². The van der Waals surface area contributed by atoms with Crippen LogP contribution in [0.4, 0.5) is 20.3 Å². The van der Waals surface area contributed by atoms with Crippen molar-refractivity contribution < 1.29 is 28.2 Å². The number of guanidine groups is 1. The molecule has 0 radical (unpaired) electrons. The number of anilines is 2. The minimum absolute atomic E-state index is 0.000349. The second-order valence-electron chi connectivity index (χ2n) is 9.92. The van der Waals surface area contributed by atoms with Gasteiger partial charge < -0.3 is 42.6 Å². The fourth-order valence-corrected chi connectivity index (χ4v) is 4.46. The van der Waals surface area contributed by atoms with E-state index in [9.17, 15) is 23.5 Å². The molecule has 2 heterocycles. The van der Waals surface area contributed by atoms with Crippen molar-refractivity contribution in [1.29, 1.82) is 5.41 Å². The van der Waals surface area contributed by atoms with Crippen LogP contribution < -0.4 is 37.5 Å². The van der Waals surface area contributed by atoms with Crippen LogP contribution in [0, 0.1) is 17.0 Å². The number of methoxy groups -OCH3 is 1. The molecule has 0 aliphatic carbocycles. The highest BCUT2D eigenvalue weighted by atomic mass is 19.2. The Kier molecular flexibility index (Phi) is 10.4. The zero-order valence-corrected chi connectivity index (χ0v) is 24.5. The van der Waals surface area contributed by atoms with Gasteiger partial charge in [-0.3, -0.25) is 19.4 Å². The van der Waals surface area contributed by atoms with Gasteiger partial charge in [0.1, 0.15) is 6.04 Å². The first-order valence-electron chi connectivity index (χ1n) is 13.9. The first-order valence-corrected chi connectivity index (χ1v) is 13.9. The number of carbonyl (C=O) groups excluding carboxylic acids is 2. The van der Waals surface area contributed by atoms with E-state index in [2.05, 4.69) is 31.2 Å². The third kappa shape index (κ3) is 7.60. The third-order valence-electron chi connectivity index (χ3n) is 6.82. The van der Waals surface area contributed by atoms with Gasteiger partial charge in [0.15, 0.2) is 29.0 Å². The van der Waals surface area contributed by atoms with E-state index in [4.69, 9.17) is 21.6 Å². The highest BCUT2D eigenvalue weighted by molar-refractivity contribution is 5.96. The van der Waals surface area contributed by atoms with Crippen molar-refractivity contribution in [2.45, 2.75) is 25.5 Å². The monoisotopic (exact) mass is 624 g/mol. The predicted octanol–water partition coefficient (Wildman–Crippen LogP) is 1.01. The van der Waals surface area contributed by atoms with Crippen molar-refractivity contribution in [1.82, 2.24) is 30.3 Å². The molecule has 0 bridgehead atoms. The summed E-state index contributed by atoms with van der Waals surface area (Å²) in [4.78, 5) is 33.7. The summed E-state index contributed by atoms with van der Waals surface area (Å²) in [5.41, 5.74) is 13.2. The molecule has 16 heteroatoms. The maximum Gasteiger partial charge on any atom is 0.251 e. The van der Waals surface area contributed by atoms with E-state index in [1.54, 1.807) is 28.8 Å². The quantitative estimate of drug-likeness (QED) is 0.0780. The molecule has 0 fully saturated rings. The Morgan fingerprint density at radius 3 is 2.56 bits per heavy atom. The number of amides is 2. The molecule has 2 unspecified atom stereocenters. The molecule has 0 aliphatic heterocycles. The number of nitrogens with two attached hydrogens (primary N) is 2. The number of fused-ring (bicyclic) bond motifs is 1. The van der Waals surface area contributed by atoms with Gasteiger partial charge in [0.25, 0.3) is 5.91 Å². The lowest BCUT2D eigenvalue weighted by molar-refractivity contribution is -0.122. The number of ether oxygens (including phenoxy) is 1. The van der Waals surface area contributed by atoms with Crippen LogP contribution in [0.3, 0.4) is 0 Å². The van der Waals surface area contributed by atoms with Crippen LogP contribution in [-0.4, -0.2) is 76.1 Å². The molecule has 238 valence electrons. The fraction of sp³-hybridized carbons (Fsp3) is 0.276. The molecule has 2 aromatic heterocycles. The lowest BCUT2D eigenvalue weighted by Crippen LogP contribution is -2.51. The number of aliphatic hydroxyl groups excluding tert-OH is 1. The van der Waals surface area contributed by atoms with Crippen molar-refractivity contribution in [3.05, 3.63) is 71.7 Å². The van der Waals surface area contributed by atoms with Crippen molar-refractivity contribution in [2.75, 3.05) is 32.1 Å². The summed E-state index contributed by atoms with van der Waals surface area (Å²) in [6.07, 6.45) is 3.92. The van der Waals surface area contributed by atoms with Gasteiger partial charge in [0.05, 0.1) is 25.1 Å². The first kappa shape index (κ1) is 32.6. The predicted molar refractivity (Wildman–Crippen MR) is 163 cm³/mol. The molecule has 2 amide bonds. The number of aromatic nitrogens is 3. The summed E-state index contributed by atoms with van der Waals surface area (Å²) < 4.78 is 35.6. The molecule has 0 saturated carbocycles. The SMILES string of the molecule is CCc1cc(Nc2nccn3c(-c4ccc(OC)c(F)c4F)cnc23)ccc1C(=O)NCC(O)CNC(=O)C(N)CNC(=N)N. The Labute approximate surface area is 256 Å². The number of imidazole rings is 1. The third-order valence-corrected chi connectivity index (χ3v) is 6.82. The van der Waals surface area contributed by atoms with Crippen molar-refractivity contribution in [3.63, 3.8) is 0 Å². The number of rotatable bonds is 13. The molecule has 2 atom stereocenters. The lowest BCUT2D eigenvalue weighted by atomic mass is 10.0. The molecule has 4 aromatic rings. The molecular weight excluding hydrogens is 590 g/mol. The van der Waals surface area contributed by atoms with Crippen LogP contribution in [0.5, 0.6) is 5.75 Å². The van der Waals surface area contributed by atoms with E-state index < -0.39 is 35.6 Å². The Morgan fingerprint density at radius 2 is 1.84 bits per heavy atom. The number of aryl methyl sites for hydroxylation is 1. The van der Waals surface area contributed by atoms with Gasteiger partial charge in [-0.15, -0.1) is 0 Å². The number of nitrogens with one attached hydrogen (secondary N) is 5. The van der Waals surface area contributed by atoms with E-state index in [-0.39, 0.29) is 36.9 Å². The summed E-state index contributed by atoms with van der Waals surface area (Å²) in [7, 11) is 1.25. The summed E-state index contributed by atoms with van der Waals surface area (Å²) in [5, 5.41) is 28.1. The molecule has 0 spiro atoms. The Balaban J connectivity index is 1.42. The number of benzene rings is 2. The largest absolute Gasteiger partial charge is 0.494 e. The molecule has 45 heavy (non-hydrogen) atoms. The fourth-order valence-electron chi connectivity index (χ4n) is 4.46. The van der Waals surface area contributed by atoms with E-state index in [0.29, 0.717) is 40.4 Å². The van der Waals surface area contributed by atoms with Crippen molar-refractivity contribution in [2.24, 2.45) is 11.5 Å².